The van der Waals surface area contributed by atoms with Gasteiger partial charge in [0, 0.05) is 20.6 Å². The fraction of sp³-hybridized carbons (Fsp3) is 0.227. The molecule has 0 saturated carbocycles. The molecule has 0 saturated heterocycles. The smallest absolute Gasteiger partial charge is 0.200 e. The molecule has 25 heavy (non-hydrogen) atoms. The van der Waals surface area contributed by atoms with Crippen molar-refractivity contribution in [3.63, 3.8) is 0 Å². The minimum absolute atomic E-state index is 0.543. The second-order valence-electron chi connectivity index (χ2n) is 7.22. The van der Waals surface area contributed by atoms with Gasteiger partial charge < -0.3 is 0 Å². The largest absolute Gasteiger partial charge is 0.222 e. The van der Waals surface area contributed by atoms with E-state index in [0.717, 1.165) is 0 Å². The van der Waals surface area contributed by atoms with Gasteiger partial charge in [-0.25, -0.2) is 4.57 Å². The molecule has 1 nitrogen and oxygen atoms in total. The van der Waals surface area contributed by atoms with Crippen LogP contribution < -0.4 is 4.57 Å². The third kappa shape index (κ3) is 2.12. The number of hydrogen-bond acceptors (Lipinski definition) is 2. The van der Waals surface area contributed by atoms with Crippen LogP contribution in [0.1, 0.15) is 30.9 Å². The van der Waals surface area contributed by atoms with Gasteiger partial charge in [-0.2, -0.15) is 0 Å². The summed E-state index contributed by atoms with van der Waals surface area (Å²) in [4.78, 5) is 2.79. The van der Waals surface area contributed by atoms with Crippen LogP contribution in [0.4, 0.5) is 0 Å². The van der Waals surface area contributed by atoms with Gasteiger partial charge in [-0.15, -0.1) is 11.3 Å². The van der Waals surface area contributed by atoms with Crippen LogP contribution in [0, 0.1) is 6.92 Å². The molecule has 0 fully saturated rings. The molecular formula is C22H20NS2+. The predicted octanol–water partition coefficient (Wildman–Crippen LogP) is 6.44. The monoisotopic (exact) mass is 362 g/mol. The van der Waals surface area contributed by atoms with Crippen LogP contribution in [0.2, 0.25) is 0 Å². The maximum atomic E-state index is 2.40. The molecule has 3 heteroatoms. The van der Waals surface area contributed by atoms with Crippen molar-refractivity contribution in [2.75, 3.05) is 0 Å². The number of pyridine rings is 1. The van der Waals surface area contributed by atoms with Gasteiger partial charge in [-0.3, -0.25) is 0 Å². The molecule has 5 rings (SSSR count). The molecule has 0 amide bonds. The molecule has 2 aromatic carbocycles. The van der Waals surface area contributed by atoms with E-state index in [4.69, 9.17) is 0 Å². The standard InChI is InChI=1S/C22H20NS2/c1-12(2)15-9-14-5-7-23(4)22-20-13(3)16-6-8-24-17(16)11-19(20)25-18(10-15)21(14)22/h5-12H,1-4H3/q+1. The fourth-order valence-electron chi connectivity index (χ4n) is 3.95. The lowest BCUT2D eigenvalue weighted by Gasteiger charge is -2.21. The van der Waals surface area contributed by atoms with Crippen LogP contribution in [0.3, 0.4) is 0 Å². The summed E-state index contributed by atoms with van der Waals surface area (Å²) in [6.07, 6.45) is 2.21. The van der Waals surface area contributed by atoms with Crippen LogP contribution in [-0.2, 0) is 7.05 Å². The molecule has 2 aromatic heterocycles. The number of aryl methyl sites for hydroxylation is 2. The summed E-state index contributed by atoms with van der Waals surface area (Å²) in [6.45, 7) is 6.83. The minimum atomic E-state index is 0.543. The van der Waals surface area contributed by atoms with E-state index in [2.05, 4.69) is 74.3 Å². The highest BCUT2D eigenvalue weighted by atomic mass is 32.2. The van der Waals surface area contributed by atoms with Crippen LogP contribution in [0.15, 0.2) is 51.7 Å². The summed E-state index contributed by atoms with van der Waals surface area (Å²) in [7, 11) is 2.17. The van der Waals surface area contributed by atoms with Crippen molar-refractivity contribution in [3.05, 3.63) is 53.0 Å². The molecule has 0 spiro atoms. The Bertz CT molecular complexity index is 1170. The Hall–Kier alpha value is -1.84. The van der Waals surface area contributed by atoms with E-state index in [1.54, 1.807) is 0 Å². The maximum Gasteiger partial charge on any atom is 0.222 e. The topological polar surface area (TPSA) is 3.88 Å². The van der Waals surface area contributed by atoms with Crippen LogP contribution >= 0.6 is 23.1 Å². The van der Waals surface area contributed by atoms with E-state index >= 15 is 0 Å². The number of aromatic nitrogens is 1. The lowest BCUT2D eigenvalue weighted by atomic mass is 9.94. The van der Waals surface area contributed by atoms with Crippen molar-refractivity contribution in [3.8, 4) is 11.3 Å². The third-order valence-corrected chi connectivity index (χ3v) is 7.28. The highest BCUT2D eigenvalue weighted by Crippen LogP contribution is 2.50. The third-order valence-electron chi connectivity index (χ3n) is 5.33. The summed E-state index contributed by atoms with van der Waals surface area (Å²) in [6, 6.07) is 11.7. The maximum absolute atomic E-state index is 2.40. The Morgan fingerprint density at radius 1 is 1.04 bits per heavy atom. The van der Waals surface area contributed by atoms with Gasteiger partial charge in [0.1, 0.15) is 7.05 Å². The summed E-state index contributed by atoms with van der Waals surface area (Å²) >= 11 is 3.78. The minimum Gasteiger partial charge on any atom is -0.200 e. The molecule has 3 heterocycles. The van der Waals surface area contributed by atoms with E-state index in [0.29, 0.717) is 5.92 Å². The van der Waals surface area contributed by atoms with E-state index < -0.39 is 0 Å². The SMILES string of the molecule is Cc1c2c(cc3sccc13)Sc1cc(C(C)C)cc3cc[n+](C)c-2c13. The average Bonchev–Trinajstić information content (AvgIpc) is 3.05. The first-order valence-corrected chi connectivity index (χ1v) is 10.4. The van der Waals surface area contributed by atoms with Crippen molar-refractivity contribution in [2.45, 2.75) is 36.5 Å². The predicted molar refractivity (Wildman–Crippen MR) is 109 cm³/mol. The zero-order chi connectivity index (χ0) is 17.3. The summed E-state index contributed by atoms with van der Waals surface area (Å²) < 4.78 is 3.69. The molecule has 0 aliphatic carbocycles. The van der Waals surface area contributed by atoms with Crippen LogP contribution in [-0.4, -0.2) is 0 Å². The quantitative estimate of drug-likeness (QED) is 0.310. The molecule has 0 radical (unpaired) electrons. The first kappa shape index (κ1) is 15.4. The average molecular weight is 363 g/mol. The van der Waals surface area contributed by atoms with E-state index in [1.165, 1.54) is 53.0 Å². The van der Waals surface area contributed by atoms with Crippen molar-refractivity contribution in [2.24, 2.45) is 7.05 Å². The van der Waals surface area contributed by atoms with E-state index in [9.17, 15) is 0 Å². The second-order valence-corrected chi connectivity index (χ2v) is 9.25. The fourth-order valence-corrected chi connectivity index (χ4v) is 6.19. The number of nitrogens with zero attached hydrogens (tertiary/aromatic N) is 1. The van der Waals surface area contributed by atoms with E-state index in [1.807, 2.05) is 23.1 Å². The lowest BCUT2D eigenvalue weighted by Crippen LogP contribution is -2.31. The van der Waals surface area contributed by atoms with Crippen LogP contribution in [0.25, 0.3) is 32.1 Å². The van der Waals surface area contributed by atoms with Crippen molar-refractivity contribution in [1.82, 2.24) is 0 Å². The number of thiophene rings is 1. The van der Waals surface area contributed by atoms with E-state index in [-0.39, 0.29) is 0 Å². The molecule has 1 aliphatic rings. The normalized spacial score (nSPS) is 13.0. The van der Waals surface area contributed by atoms with Gasteiger partial charge in [0.15, 0.2) is 6.20 Å². The van der Waals surface area contributed by atoms with Gasteiger partial charge in [0.25, 0.3) is 0 Å². The van der Waals surface area contributed by atoms with Gasteiger partial charge in [-0.1, -0.05) is 31.7 Å². The highest BCUT2D eigenvalue weighted by Gasteiger charge is 2.29. The molecule has 0 N–H and O–H groups in total. The van der Waals surface area contributed by atoms with Crippen molar-refractivity contribution < 1.29 is 4.57 Å². The first-order chi connectivity index (χ1) is 12.0. The van der Waals surface area contributed by atoms with Gasteiger partial charge in [-0.05, 0) is 58.3 Å². The summed E-state index contributed by atoms with van der Waals surface area (Å²) in [5.74, 6) is 0.543. The number of fused-ring (bicyclic) bond motifs is 3. The lowest BCUT2D eigenvalue weighted by molar-refractivity contribution is -0.659. The van der Waals surface area contributed by atoms with Crippen LogP contribution in [0.5, 0.6) is 0 Å². The van der Waals surface area contributed by atoms with Gasteiger partial charge in [0.2, 0.25) is 5.69 Å². The number of hydrogen-bond donors (Lipinski definition) is 0. The van der Waals surface area contributed by atoms with Gasteiger partial charge in [0.05, 0.1) is 10.9 Å². The molecule has 1 aliphatic heterocycles. The molecule has 0 bridgehead atoms. The molecule has 0 unspecified atom stereocenters. The number of rotatable bonds is 1. The van der Waals surface area contributed by atoms with Gasteiger partial charge >= 0.3 is 0 Å². The Morgan fingerprint density at radius 2 is 1.88 bits per heavy atom. The number of benzene rings is 2. The molecule has 124 valence electrons. The Balaban J connectivity index is 1.96. The second kappa shape index (κ2) is 5.33. The van der Waals surface area contributed by atoms with Crippen molar-refractivity contribution >= 4 is 44.0 Å². The van der Waals surface area contributed by atoms with Crippen molar-refractivity contribution in [1.29, 1.82) is 0 Å². The zero-order valence-electron chi connectivity index (χ0n) is 14.9. The molecular weight excluding hydrogens is 342 g/mol. The summed E-state index contributed by atoms with van der Waals surface area (Å²) in [5, 5.41) is 6.36. The zero-order valence-corrected chi connectivity index (χ0v) is 16.5. The Labute approximate surface area is 156 Å². The Kier molecular flexibility index (Phi) is 3.28. The summed E-state index contributed by atoms with van der Waals surface area (Å²) in [5.41, 5.74) is 5.60. The highest BCUT2D eigenvalue weighted by molar-refractivity contribution is 7.99. The Morgan fingerprint density at radius 3 is 2.68 bits per heavy atom. The first-order valence-electron chi connectivity index (χ1n) is 8.70. The molecule has 4 aromatic rings. The molecule has 0 atom stereocenters.